The summed E-state index contributed by atoms with van der Waals surface area (Å²) in [7, 11) is 0. The zero-order valence-electron chi connectivity index (χ0n) is 19.3. The fraction of sp³-hybridized carbons (Fsp3) is 0.560. The lowest BCUT2D eigenvalue weighted by molar-refractivity contribution is -0.145. The monoisotopic (exact) mass is 455 g/mol. The summed E-state index contributed by atoms with van der Waals surface area (Å²) in [5.41, 5.74) is 3.66. The average molecular weight is 456 g/mol. The number of rotatable bonds is 6. The lowest BCUT2D eigenvalue weighted by atomic mass is 9.76. The number of Topliss-reactive ketones (excluding diaryl/α,β-unsaturated/α-hetero) is 1. The summed E-state index contributed by atoms with van der Waals surface area (Å²) in [5.74, 6) is -1.52. The molecule has 1 aromatic carbocycles. The molecule has 4 rings (SSSR count). The van der Waals surface area contributed by atoms with Crippen LogP contribution in [-0.2, 0) is 14.3 Å². The molecule has 1 aromatic rings. The molecule has 0 radical (unpaired) electrons. The molecule has 8 nitrogen and oxygen atoms in total. The summed E-state index contributed by atoms with van der Waals surface area (Å²) in [6, 6.07) is 8.34. The van der Waals surface area contributed by atoms with Gasteiger partial charge in [0.1, 0.15) is 6.04 Å². The van der Waals surface area contributed by atoms with Gasteiger partial charge in [-0.25, -0.2) is 10.3 Å². The molecule has 1 spiro atoms. The van der Waals surface area contributed by atoms with Crippen molar-refractivity contribution in [1.82, 2.24) is 15.7 Å². The van der Waals surface area contributed by atoms with E-state index in [2.05, 4.69) is 11.4 Å². The Morgan fingerprint density at radius 1 is 1.24 bits per heavy atom. The van der Waals surface area contributed by atoms with Crippen LogP contribution in [0.15, 0.2) is 36.4 Å². The molecule has 3 unspecified atom stereocenters. The third-order valence-electron chi connectivity index (χ3n) is 6.97. The lowest BCUT2D eigenvalue weighted by Gasteiger charge is -2.44. The molecule has 3 aliphatic rings. The van der Waals surface area contributed by atoms with Crippen LogP contribution in [-0.4, -0.2) is 59.7 Å². The van der Waals surface area contributed by atoms with E-state index in [4.69, 9.17) is 4.74 Å². The van der Waals surface area contributed by atoms with Crippen molar-refractivity contribution in [2.75, 3.05) is 19.7 Å². The van der Waals surface area contributed by atoms with E-state index in [0.29, 0.717) is 25.9 Å². The molecule has 2 aliphatic heterocycles. The third-order valence-corrected chi connectivity index (χ3v) is 6.97. The number of piperidine rings is 1. The minimum Gasteiger partial charge on any atom is -0.449 e. The number of likely N-dealkylation sites (tertiary alicyclic amines) is 1. The predicted octanol–water partition coefficient (Wildman–Crippen LogP) is 2.77. The summed E-state index contributed by atoms with van der Waals surface area (Å²) in [6.07, 6.45) is 4.20. The Morgan fingerprint density at radius 3 is 2.61 bits per heavy atom. The van der Waals surface area contributed by atoms with Crippen molar-refractivity contribution in [3.63, 3.8) is 0 Å². The highest BCUT2D eigenvalue weighted by molar-refractivity contribution is 5.98. The fourth-order valence-corrected chi connectivity index (χ4v) is 5.02. The number of nitrogens with zero attached hydrogens (tertiary/aromatic N) is 1. The second kappa shape index (κ2) is 9.65. The van der Waals surface area contributed by atoms with Crippen molar-refractivity contribution in [2.45, 2.75) is 51.6 Å². The standard InChI is InChI=1S/C25H33N3O5/c1-16(2)14-33-24(31)28-15-25(9-10-25)13-19(23(30)27-32)21(28)22(29)20-12-18(8-11-26-20)17-6-4-3-5-7-17/h3-8,16,19-21,26,32H,9-15H2,1-2H3,(H,27,30). The van der Waals surface area contributed by atoms with Gasteiger partial charge in [0.25, 0.3) is 0 Å². The normalized spacial score (nSPS) is 26.0. The molecule has 2 fully saturated rings. The highest BCUT2D eigenvalue weighted by Gasteiger charge is 2.57. The number of ether oxygens (including phenoxy) is 1. The van der Waals surface area contributed by atoms with Crippen molar-refractivity contribution in [1.29, 1.82) is 0 Å². The zero-order valence-corrected chi connectivity index (χ0v) is 19.3. The fourth-order valence-electron chi connectivity index (χ4n) is 5.02. The Bertz CT molecular complexity index is 925. The van der Waals surface area contributed by atoms with Gasteiger partial charge in [0.15, 0.2) is 5.78 Å². The second-order valence-corrected chi connectivity index (χ2v) is 9.99. The van der Waals surface area contributed by atoms with E-state index in [-0.39, 0.29) is 23.7 Å². The summed E-state index contributed by atoms with van der Waals surface area (Å²) < 4.78 is 5.49. The van der Waals surface area contributed by atoms with Crippen LogP contribution in [0.3, 0.4) is 0 Å². The highest BCUT2D eigenvalue weighted by Crippen LogP contribution is 2.55. The number of ketones is 1. The molecule has 0 bridgehead atoms. The van der Waals surface area contributed by atoms with Gasteiger partial charge in [-0.15, -0.1) is 0 Å². The Morgan fingerprint density at radius 2 is 1.97 bits per heavy atom. The van der Waals surface area contributed by atoms with Crippen molar-refractivity contribution >= 4 is 23.4 Å². The maximum atomic E-state index is 13.8. The van der Waals surface area contributed by atoms with E-state index in [9.17, 15) is 19.6 Å². The van der Waals surface area contributed by atoms with Crippen LogP contribution in [0.5, 0.6) is 0 Å². The van der Waals surface area contributed by atoms with E-state index in [1.165, 1.54) is 4.90 Å². The van der Waals surface area contributed by atoms with Crippen molar-refractivity contribution < 1.29 is 24.3 Å². The molecule has 0 aromatic heterocycles. The van der Waals surface area contributed by atoms with E-state index in [0.717, 1.165) is 24.0 Å². The van der Waals surface area contributed by atoms with Crippen LogP contribution in [0.1, 0.15) is 45.1 Å². The molecule has 1 aliphatic carbocycles. The summed E-state index contributed by atoms with van der Waals surface area (Å²) in [4.78, 5) is 41.1. The highest BCUT2D eigenvalue weighted by atomic mass is 16.6. The van der Waals surface area contributed by atoms with Gasteiger partial charge >= 0.3 is 6.09 Å². The number of hydrogen-bond donors (Lipinski definition) is 3. The first-order valence-electron chi connectivity index (χ1n) is 11.7. The van der Waals surface area contributed by atoms with Crippen molar-refractivity contribution in [3.05, 3.63) is 42.0 Å². The SMILES string of the molecule is CC(C)COC(=O)N1CC2(CC2)CC(C(=O)NO)C1C(=O)C1CC(c2ccccc2)=CCN1. The smallest absolute Gasteiger partial charge is 0.410 e. The maximum Gasteiger partial charge on any atom is 0.410 e. The minimum absolute atomic E-state index is 0.151. The maximum absolute atomic E-state index is 13.8. The Kier molecular flexibility index (Phi) is 6.86. The van der Waals surface area contributed by atoms with E-state index in [1.54, 1.807) is 5.48 Å². The number of amides is 2. The molecule has 2 amide bonds. The molecule has 1 saturated carbocycles. The molecule has 33 heavy (non-hydrogen) atoms. The number of benzene rings is 1. The summed E-state index contributed by atoms with van der Waals surface area (Å²) >= 11 is 0. The van der Waals surface area contributed by atoms with Crippen molar-refractivity contribution in [3.8, 4) is 0 Å². The number of hydroxylamine groups is 1. The van der Waals surface area contributed by atoms with Crippen LogP contribution in [0.2, 0.25) is 0 Å². The van der Waals surface area contributed by atoms with Crippen LogP contribution in [0.4, 0.5) is 4.79 Å². The molecule has 178 valence electrons. The number of nitrogens with one attached hydrogen (secondary N) is 2. The van der Waals surface area contributed by atoms with Crippen LogP contribution in [0.25, 0.3) is 5.57 Å². The number of carbonyl (C=O) groups is 3. The predicted molar refractivity (Wildman–Crippen MR) is 122 cm³/mol. The van der Waals surface area contributed by atoms with Gasteiger partial charge in [-0.3, -0.25) is 19.7 Å². The molecule has 3 N–H and O–H groups in total. The number of hydrogen-bond acceptors (Lipinski definition) is 6. The molecule has 2 heterocycles. The van der Waals surface area contributed by atoms with Gasteiger partial charge in [-0.05, 0) is 48.2 Å². The Balaban J connectivity index is 1.60. The summed E-state index contributed by atoms with van der Waals surface area (Å²) in [6.45, 7) is 5.04. The number of carbonyl (C=O) groups excluding carboxylic acids is 3. The molecular formula is C25H33N3O5. The van der Waals surface area contributed by atoms with E-state index < -0.39 is 30.0 Å². The molecule has 3 atom stereocenters. The van der Waals surface area contributed by atoms with Gasteiger partial charge in [0.05, 0.1) is 18.6 Å². The first-order valence-corrected chi connectivity index (χ1v) is 11.7. The first kappa shape index (κ1) is 23.4. The lowest BCUT2D eigenvalue weighted by Crippen LogP contribution is -2.62. The van der Waals surface area contributed by atoms with Gasteiger partial charge in [-0.2, -0.15) is 0 Å². The van der Waals surface area contributed by atoms with E-state index >= 15 is 0 Å². The molecule has 1 saturated heterocycles. The zero-order chi connectivity index (χ0) is 23.6. The Hall–Kier alpha value is -2.71. The van der Waals surface area contributed by atoms with Crippen LogP contribution < -0.4 is 10.8 Å². The van der Waals surface area contributed by atoms with Crippen molar-refractivity contribution in [2.24, 2.45) is 17.3 Å². The molecule has 8 heteroatoms. The van der Waals surface area contributed by atoms with Crippen LogP contribution in [0, 0.1) is 17.3 Å². The third kappa shape index (κ3) is 5.12. The minimum atomic E-state index is -0.990. The topological polar surface area (TPSA) is 108 Å². The quantitative estimate of drug-likeness (QED) is 0.450. The van der Waals surface area contributed by atoms with Gasteiger partial charge < -0.3 is 10.1 Å². The van der Waals surface area contributed by atoms with Gasteiger partial charge in [0, 0.05) is 13.1 Å². The summed E-state index contributed by atoms with van der Waals surface area (Å²) in [5, 5.41) is 12.6. The Labute approximate surface area is 194 Å². The first-order chi connectivity index (χ1) is 15.8. The van der Waals surface area contributed by atoms with Gasteiger partial charge in [0.2, 0.25) is 5.91 Å². The van der Waals surface area contributed by atoms with E-state index in [1.807, 2.05) is 44.2 Å². The largest absolute Gasteiger partial charge is 0.449 e. The average Bonchev–Trinajstić information content (AvgIpc) is 3.59. The van der Waals surface area contributed by atoms with Gasteiger partial charge in [-0.1, -0.05) is 50.3 Å². The molecular weight excluding hydrogens is 422 g/mol. The second-order valence-electron chi connectivity index (χ2n) is 9.99. The van der Waals surface area contributed by atoms with Crippen LogP contribution >= 0.6 is 0 Å².